The second-order valence-corrected chi connectivity index (χ2v) is 9.89. The van der Waals surface area contributed by atoms with Crippen molar-refractivity contribution in [3.05, 3.63) is 59.0 Å². The van der Waals surface area contributed by atoms with Crippen molar-refractivity contribution in [1.82, 2.24) is 14.5 Å². The number of H-pyrrole nitrogens is 1. The molecule has 0 radical (unpaired) electrons. The van der Waals surface area contributed by atoms with Crippen LogP contribution in [0.25, 0.3) is 11.3 Å². The molecule has 11 heteroatoms. The third kappa shape index (κ3) is 4.87. The predicted molar refractivity (Wildman–Crippen MR) is 123 cm³/mol. The Balaban J connectivity index is 1.60. The van der Waals surface area contributed by atoms with Gasteiger partial charge in [-0.1, -0.05) is 18.0 Å². The molecule has 0 saturated carbocycles. The molecule has 1 aliphatic rings. The Kier molecular flexibility index (Phi) is 6.68. The number of anilines is 1. The number of methoxy groups -OCH3 is 1. The second-order valence-electron chi connectivity index (χ2n) is 7.58. The van der Waals surface area contributed by atoms with Gasteiger partial charge in [-0.3, -0.25) is 9.89 Å². The van der Waals surface area contributed by atoms with Gasteiger partial charge in [0, 0.05) is 24.3 Å². The minimum Gasteiger partial charge on any atom is -0.495 e. The normalized spacial score (nSPS) is 14.8. The molecule has 4 rings (SSSR count). The lowest BCUT2D eigenvalue weighted by Crippen LogP contribution is -2.35. The molecular formula is C22H22ClFN4O4S. The van der Waals surface area contributed by atoms with Crippen LogP contribution in [0, 0.1) is 5.82 Å². The molecule has 0 atom stereocenters. The Labute approximate surface area is 195 Å². The number of ether oxygens (including phenoxy) is 1. The minimum atomic E-state index is -3.75. The van der Waals surface area contributed by atoms with Crippen molar-refractivity contribution in [2.24, 2.45) is 0 Å². The molecule has 33 heavy (non-hydrogen) atoms. The highest BCUT2D eigenvalue weighted by Gasteiger charge is 2.29. The summed E-state index contributed by atoms with van der Waals surface area (Å²) in [6.45, 7) is 0.936. The average molecular weight is 493 g/mol. The van der Waals surface area contributed by atoms with E-state index in [2.05, 4.69) is 15.5 Å². The molecule has 3 aromatic rings. The van der Waals surface area contributed by atoms with E-state index in [9.17, 15) is 17.6 Å². The van der Waals surface area contributed by atoms with Gasteiger partial charge in [-0.05, 0) is 55.3 Å². The number of nitrogens with zero attached hydrogens (tertiary/aromatic N) is 2. The van der Waals surface area contributed by atoms with Crippen LogP contribution in [0.4, 0.5) is 10.1 Å². The summed E-state index contributed by atoms with van der Waals surface area (Å²) in [4.78, 5) is 12.6. The van der Waals surface area contributed by atoms with Crippen molar-refractivity contribution in [3.8, 4) is 17.0 Å². The summed E-state index contributed by atoms with van der Waals surface area (Å²) >= 11 is 5.75. The van der Waals surface area contributed by atoms with Gasteiger partial charge in [0.05, 0.1) is 17.8 Å². The summed E-state index contributed by atoms with van der Waals surface area (Å²) in [6, 6.07) is 10.1. The van der Waals surface area contributed by atoms with Crippen LogP contribution >= 0.6 is 11.6 Å². The van der Waals surface area contributed by atoms with E-state index in [-0.39, 0.29) is 21.4 Å². The summed E-state index contributed by atoms with van der Waals surface area (Å²) in [7, 11) is -2.33. The first-order valence-electron chi connectivity index (χ1n) is 10.3. The first-order valence-corrected chi connectivity index (χ1v) is 12.1. The molecule has 0 aliphatic carbocycles. The van der Waals surface area contributed by atoms with E-state index >= 15 is 0 Å². The maximum atomic E-state index is 13.3. The highest BCUT2D eigenvalue weighted by Crippen LogP contribution is 2.32. The fraction of sp³-hybridized carbons (Fsp3) is 0.273. The number of nitrogens with one attached hydrogen (secondary N) is 2. The van der Waals surface area contributed by atoms with Crippen LogP contribution in [-0.4, -0.2) is 49.0 Å². The first kappa shape index (κ1) is 23.2. The fourth-order valence-electron chi connectivity index (χ4n) is 3.64. The fourth-order valence-corrected chi connectivity index (χ4v) is 5.52. The Morgan fingerprint density at radius 3 is 2.61 bits per heavy atom. The zero-order valence-corrected chi connectivity index (χ0v) is 19.3. The summed E-state index contributed by atoms with van der Waals surface area (Å²) in [6.07, 6.45) is 2.64. The quantitative estimate of drug-likeness (QED) is 0.533. The molecule has 2 N–H and O–H groups in total. The van der Waals surface area contributed by atoms with Crippen molar-refractivity contribution in [2.45, 2.75) is 24.2 Å². The molecular weight excluding hydrogens is 471 g/mol. The van der Waals surface area contributed by atoms with Gasteiger partial charge in [0.1, 0.15) is 22.2 Å². The molecule has 1 amide bonds. The van der Waals surface area contributed by atoms with E-state index in [0.717, 1.165) is 25.3 Å². The van der Waals surface area contributed by atoms with Crippen molar-refractivity contribution >= 4 is 33.2 Å². The number of hydrogen-bond acceptors (Lipinski definition) is 5. The van der Waals surface area contributed by atoms with E-state index in [4.69, 9.17) is 16.3 Å². The first-order chi connectivity index (χ1) is 15.8. The Hall–Kier alpha value is -2.95. The summed E-state index contributed by atoms with van der Waals surface area (Å²) < 4.78 is 46.6. The molecule has 174 valence electrons. The number of carbonyl (C=O) groups excluding carboxylic acids is 1. The molecule has 0 spiro atoms. The number of halogens is 2. The number of benzene rings is 2. The number of rotatable bonds is 6. The SMILES string of the molecule is COc1ccc(-c2cc(C(=O)Nc3ccc(F)c(Cl)c3)[nH]n2)cc1S(=O)(=O)N1CCCCC1. The largest absolute Gasteiger partial charge is 0.495 e. The van der Waals surface area contributed by atoms with Crippen molar-refractivity contribution in [1.29, 1.82) is 0 Å². The molecule has 1 saturated heterocycles. The number of aromatic amines is 1. The van der Waals surface area contributed by atoms with Crippen LogP contribution in [0.3, 0.4) is 0 Å². The van der Waals surface area contributed by atoms with Crippen LogP contribution < -0.4 is 10.1 Å². The van der Waals surface area contributed by atoms with E-state index in [0.29, 0.717) is 30.0 Å². The molecule has 1 aliphatic heterocycles. The second kappa shape index (κ2) is 9.50. The maximum absolute atomic E-state index is 13.3. The third-order valence-corrected chi connectivity index (χ3v) is 7.60. The average Bonchev–Trinajstić information content (AvgIpc) is 3.32. The number of piperidine rings is 1. The lowest BCUT2D eigenvalue weighted by molar-refractivity contribution is 0.102. The predicted octanol–water partition coefficient (Wildman–Crippen LogP) is 4.30. The van der Waals surface area contributed by atoms with Gasteiger partial charge in [0.25, 0.3) is 5.91 Å². The van der Waals surface area contributed by atoms with Gasteiger partial charge in [-0.15, -0.1) is 0 Å². The van der Waals surface area contributed by atoms with Crippen LogP contribution in [0.15, 0.2) is 47.4 Å². The van der Waals surface area contributed by atoms with Crippen LogP contribution in [0.1, 0.15) is 29.8 Å². The Morgan fingerprint density at radius 2 is 1.91 bits per heavy atom. The van der Waals surface area contributed by atoms with Crippen molar-refractivity contribution < 1.29 is 22.3 Å². The van der Waals surface area contributed by atoms with Gasteiger partial charge in [0.2, 0.25) is 10.0 Å². The van der Waals surface area contributed by atoms with Gasteiger partial charge in [-0.25, -0.2) is 12.8 Å². The van der Waals surface area contributed by atoms with Gasteiger partial charge in [-0.2, -0.15) is 9.40 Å². The standard InChI is InChI=1S/C22H22ClFN4O4S/c1-32-20-8-5-14(11-21(20)33(30,31)28-9-3-2-4-10-28)18-13-19(27-26-18)22(29)25-15-6-7-17(24)16(23)12-15/h5-8,11-13H,2-4,9-10H2,1H3,(H,25,29)(H,26,27). The molecule has 2 heterocycles. The highest BCUT2D eigenvalue weighted by molar-refractivity contribution is 7.89. The number of amides is 1. The van der Waals surface area contributed by atoms with Gasteiger partial charge >= 0.3 is 0 Å². The van der Waals surface area contributed by atoms with E-state index < -0.39 is 21.7 Å². The number of aromatic nitrogens is 2. The smallest absolute Gasteiger partial charge is 0.273 e. The van der Waals surface area contributed by atoms with Crippen LogP contribution in [0.2, 0.25) is 5.02 Å². The minimum absolute atomic E-state index is 0.0550. The lowest BCUT2D eigenvalue weighted by Gasteiger charge is -2.26. The molecule has 0 unspecified atom stereocenters. The number of sulfonamides is 1. The molecule has 1 aromatic heterocycles. The topological polar surface area (TPSA) is 104 Å². The van der Waals surface area contributed by atoms with Crippen molar-refractivity contribution in [3.63, 3.8) is 0 Å². The van der Waals surface area contributed by atoms with E-state index in [1.165, 1.54) is 35.7 Å². The maximum Gasteiger partial charge on any atom is 0.273 e. The van der Waals surface area contributed by atoms with Gasteiger partial charge in [0.15, 0.2) is 0 Å². The zero-order valence-electron chi connectivity index (χ0n) is 17.8. The highest BCUT2D eigenvalue weighted by atomic mass is 35.5. The summed E-state index contributed by atoms with van der Waals surface area (Å²) in [5, 5.41) is 9.28. The van der Waals surface area contributed by atoms with Crippen LogP contribution in [-0.2, 0) is 10.0 Å². The third-order valence-electron chi connectivity index (χ3n) is 5.39. The molecule has 1 fully saturated rings. The van der Waals surface area contributed by atoms with Gasteiger partial charge < -0.3 is 10.1 Å². The Bertz CT molecular complexity index is 1290. The van der Waals surface area contributed by atoms with E-state index in [1.807, 2.05) is 0 Å². The number of carbonyl (C=O) groups is 1. The van der Waals surface area contributed by atoms with Crippen molar-refractivity contribution in [2.75, 3.05) is 25.5 Å². The number of hydrogen-bond donors (Lipinski definition) is 2. The summed E-state index contributed by atoms with van der Waals surface area (Å²) in [5.41, 5.74) is 1.35. The molecule has 0 bridgehead atoms. The molecule has 8 nitrogen and oxygen atoms in total. The monoisotopic (exact) mass is 492 g/mol. The van der Waals surface area contributed by atoms with Crippen LogP contribution in [0.5, 0.6) is 5.75 Å². The lowest BCUT2D eigenvalue weighted by atomic mass is 10.1. The molecule has 2 aromatic carbocycles. The Morgan fingerprint density at radius 1 is 1.15 bits per heavy atom. The zero-order chi connectivity index (χ0) is 23.6. The van der Waals surface area contributed by atoms with E-state index in [1.54, 1.807) is 12.1 Å². The summed E-state index contributed by atoms with van der Waals surface area (Å²) in [5.74, 6) is -0.856.